The Bertz CT molecular complexity index is 2570. The first kappa shape index (κ1) is 40.3. The van der Waals surface area contributed by atoms with Crippen LogP contribution in [0.4, 0.5) is 5.69 Å². The summed E-state index contributed by atoms with van der Waals surface area (Å²) >= 11 is 6.29. The Morgan fingerprint density at radius 2 is 1.61 bits per heavy atom. The van der Waals surface area contributed by atoms with Crippen LogP contribution in [0.3, 0.4) is 0 Å². The molecule has 14 nitrogen and oxygen atoms in total. The van der Waals surface area contributed by atoms with Gasteiger partial charge in [0, 0.05) is 72.2 Å². The van der Waals surface area contributed by atoms with Gasteiger partial charge in [-0.1, -0.05) is 45.2 Å². The highest BCUT2D eigenvalue weighted by Crippen LogP contribution is 2.59. The minimum Gasteiger partial charge on any atom is -0.489 e. The lowest BCUT2D eigenvalue weighted by atomic mass is 9.49. The van der Waals surface area contributed by atoms with Crippen LogP contribution in [0.15, 0.2) is 42.6 Å². The molecule has 2 saturated carbocycles. The predicted octanol–water partition coefficient (Wildman–Crippen LogP) is 5.11. The lowest BCUT2D eigenvalue weighted by molar-refractivity contribution is -0.199. The fourth-order valence-electron chi connectivity index (χ4n) is 12.2. The molecule has 10 rings (SSSR count). The van der Waals surface area contributed by atoms with Crippen LogP contribution in [-0.4, -0.2) is 104 Å². The zero-order valence-electron chi connectivity index (χ0n) is 35.1. The van der Waals surface area contributed by atoms with E-state index in [2.05, 4.69) is 65.7 Å². The van der Waals surface area contributed by atoms with Crippen LogP contribution in [-0.2, 0) is 16.1 Å². The highest BCUT2D eigenvalue weighted by atomic mass is 35.5. The van der Waals surface area contributed by atoms with Crippen LogP contribution in [0.5, 0.6) is 5.75 Å². The van der Waals surface area contributed by atoms with Gasteiger partial charge in [-0.25, -0.2) is 9.97 Å². The first-order chi connectivity index (χ1) is 29.6. The van der Waals surface area contributed by atoms with Gasteiger partial charge in [0.05, 0.1) is 40.1 Å². The predicted molar refractivity (Wildman–Crippen MR) is 226 cm³/mol. The van der Waals surface area contributed by atoms with Crippen molar-refractivity contribution in [3.63, 3.8) is 0 Å². The van der Waals surface area contributed by atoms with Crippen molar-refractivity contribution in [2.45, 2.75) is 115 Å². The molecule has 5 aliphatic heterocycles. The van der Waals surface area contributed by atoms with Gasteiger partial charge in [0.1, 0.15) is 29.7 Å². The van der Waals surface area contributed by atoms with Crippen molar-refractivity contribution in [3.05, 3.63) is 81.4 Å². The molecule has 5 amide bonds. The van der Waals surface area contributed by atoms with E-state index in [0.717, 1.165) is 55.8 Å². The van der Waals surface area contributed by atoms with E-state index in [4.69, 9.17) is 21.3 Å². The highest BCUT2D eigenvalue weighted by molar-refractivity contribution is 6.31. The number of piperidine rings is 1. The molecule has 3 aromatic rings. The Hall–Kier alpha value is -5.83. The van der Waals surface area contributed by atoms with Gasteiger partial charge >= 0.3 is 0 Å². The van der Waals surface area contributed by atoms with Crippen molar-refractivity contribution in [1.82, 2.24) is 30.0 Å². The van der Waals surface area contributed by atoms with Gasteiger partial charge in [-0.3, -0.25) is 39.1 Å². The van der Waals surface area contributed by atoms with E-state index in [0.29, 0.717) is 69.2 Å². The molecule has 1 N–H and O–H groups in total. The minimum atomic E-state index is -0.980. The number of halogens is 1. The topological polar surface area (TPSA) is 169 Å². The van der Waals surface area contributed by atoms with Gasteiger partial charge in [-0.15, -0.1) is 0 Å². The first-order valence-electron chi connectivity index (χ1n) is 21.6. The second-order valence-corrected chi connectivity index (χ2v) is 19.5. The van der Waals surface area contributed by atoms with E-state index in [1.165, 1.54) is 0 Å². The maximum atomic E-state index is 13.8. The number of carbonyl (C=O) groups is 5. The molecular weight excluding hydrogens is 808 g/mol. The number of fused-ring (bicyclic) bond motifs is 4. The Morgan fingerprint density at radius 3 is 2.31 bits per heavy atom. The van der Waals surface area contributed by atoms with Crippen LogP contribution < -0.4 is 15.0 Å². The van der Waals surface area contributed by atoms with E-state index in [-0.39, 0.29) is 36.8 Å². The Morgan fingerprint density at radius 1 is 0.855 bits per heavy atom. The molecule has 2 aromatic carbocycles. The molecule has 62 heavy (non-hydrogen) atoms. The van der Waals surface area contributed by atoms with E-state index >= 15 is 0 Å². The number of nitriles is 1. The number of amides is 5. The molecular formula is C47H47ClN8O6. The molecule has 0 radical (unpaired) electrons. The summed E-state index contributed by atoms with van der Waals surface area (Å²) in [6, 6.07) is 12.6. The fraction of sp³-hybridized carbons (Fsp3) is 0.489. The van der Waals surface area contributed by atoms with Crippen molar-refractivity contribution in [2.75, 3.05) is 18.0 Å². The van der Waals surface area contributed by atoms with E-state index < -0.39 is 40.5 Å². The van der Waals surface area contributed by atoms with Crippen molar-refractivity contribution in [2.24, 2.45) is 16.7 Å². The number of nitrogens with one attached hydrogen (secondary N) is 1. The highest BCUT2D eigenvalue weighted by Gasteiger charge is 2.67. The van der Waals surface area contributed by atoms with Gasteiger partial charge in [0.2, 0.25) is 11.8 Å². The molecule has 1 aromatic heterocycles. The molecule has 3 atom stereocenters. The molecule has 318 valence electrons. The average molecular weight is 855 g/mol. The van der Waals surface area contributed by atoms with E-state index in [9.17, 15) is 29.2 Å². The largest absolute Gasteiger partial charge is 0.489 e. The number of imide groups is 2. The zero-order chi connectivity index (χ0) is 43.4. The van der Waals surface area contributed by atoms with Crippen molar-refractivity contribution < 1.29 is 28.7 Å². The second kappa shape index (κ2) is 14.6. The number of aromatic nitrogens is 2. The summed E-state index contributed by atoms with van der Waals surface area (Å²) in [6.07, 6.45) is 6.77. The van der Waals surface area contributed by atoms with Crippen LogP contribution >= 0.6 is 11.6 Å². The Kier molecular flexibility index (Phi) is 9.50. The van der Waals surface area contributed by atoms with Gasteiger partial charge in [-0.05, 0) is 74.8 Å². The molecule has 2 bridgehead atoms. The van der Waals surface area contributed by atoms with Crippen molar-refractivity contribution >= 4 is 46.8 Å². The zero-order valence-corrected chi connectivity index (χ0v) is 35.9. The van der Waals surface area contributed by atoms with E-state index in [1.807, 2.05) is 11.0 Å². The van der Waals surface area contributed by atoms with Gasteiger partial charge < -0.3 is 14.5 Å². The van der Waals surface area contributed by atoms with Crippen LogP contribution in [0, 0.1) is 39.9 Å². The summed E-state index contributed by atoms with van der Waals surface area (Å²) in [6.45, 7) is 10.6. The summed E-state index contributed by atoms with van der Waals surface area (Å²) in [5.41, 5.74) is 2.72. The normalized spacial score (nSPS) is 29.5. The van der Waals surface area contributed by atoms with Gasteiger partial charge in [0.25, 0.3) is 17.7 Å². The number of likely N-dealkylation sites (tertiary alicyclic amines) is 1. The van der Waals surface area contributed by atoms with Crippen LogP contribution in [0.1, 0.15) is 121 Å². The summed E-state index contributed by atoms with van der Waals surface area (Å²) < 4.78 is 6.46. The summed E-state index contributed by atoms with van der Waals surface area (Å²) in [5.74, 6) is 5.50. The summed E-state index contributed by atoms with van der Waals surface area (Å²) in [7, 11) is 0. The Balaban J connectivity index is 0.733. The summed E-state index contributed by atoms with van der Waals surface area (Å²) in [4.78, 5) is 82.0. The number of ether oxygens (including phenoxy) is 1. The molecule has 3 unspecified atom stereocenters. The smallest absolute Gasteiger partial charge is 0.275 e. The Labute approximate surface area is 364 Å². The number of nitrogens with zero attached hydrogens (tertiary/aromatic N) is 7. The monoisotopic (exact) mass is 854 g/mol. The number of rotatable bonds is 6. The average Bonchev–Trinajstić information content (AvgIpc) is 4.00. The van der Waals surface area contributed by atoms with Crippen molar-refractivity contribution in [1.29, 1.82) is 5.26 Å². The lowest BCUT2D eigenvalue weighted by Gasteiger charge is -2.65. The first-order valence-corrected chi connectivity index (χ1v) is 21.9. The summed E-state index contributed by atoms with van der Waals surface area (Å²) in [5, 5.41) is 11.9. The minimum absolute atomic E-state index is 0.0876. The number of benzene rings is 2. The molecule has 7 aliphatic rings. The lowest BCUT2D eigenvalue weighted by Crippen LogP contribution is -2.74. The van der Waals surface area contributed by atoms with Crippen LogP contribution in [0.2, 0.25) is 5.02 Å². The van der Waals surface area contributed by atoms with Gasteiger partial charge in [-0.2, -0.15) is 5.26 Å². The number of piperazine rings is 1. The number of carbonyl (C=O) groups excluding carboxylic acids is 5. The number of hydrogen-bond donors (Lipinski definition) is 1. The maximum absolute atomic E-state index is 13.8. The SMILES string of the molecule is CC1(C)C(Oc2ccc(C#N)c(Cl)c2)C(C)(C)C1N1Cc2nc(C#CC3CCC(N4CC5CC4CN5c4ccc5c(c4)C(=O)N(C4CCC(=O)NC4=O)C5=O)CC3)cnc2C1=O. The third kappa shape index (κ3) is 6.36. The fourth-order valence-corrected chi connectivity index (χ4v) is 12.4. The standard InChI is InChI=1S/C47H47ClN8O6/c1-46(2)44(47(3,4)45(46)62-32-13-8-26(20-49)35(48)19-32)55-24-36-39(43(55)61)50-21-27(51-36)9-5-25-6-10-28(11-7-25)53-22-31-17-30(53)23-54(31)29-12-14-33-34(18-29)42(60)56(41(33)59)37-15-16-38(57)52-40(37)58/h8,12-14,18-19,21,25,28,30-31,37,44-45H,6-7,10-11,15-17,22-24H2,1-4H3,(H,52,57,58). The second-order valence-electron chi connectivity index (χ2n) is 19.1. The number of hydrogen-bond acceptors (Lipinski definition) is 11. The molecule has 2 aliphatic carbocycles. The molecule has 5 fully saturated rings. The molecule has 15 heteroatoms. The quantitative estimate of drug-likeness (QED) is 0.258. The number of anilines is 1. The third-order valence-corrected chi connectivity index (χ3v) is 14.9. The third-order valence-electron chi connectivity index (χ3n) is 14.6. The van der Waals surface area contributed by atoms with Crippen molar-refractivity contribution in [3.8, 4) is 23.7 Å². The van der Waals surface area contributed by atoms with Crippen LogP contribution in [0.25, 0.3) is 0 Å². The molecule has 0 spiro atoms. The maximum Gasteiger partial charge on any atom is 0.275 e. The van der Waals surface area contributed by atoms with E-state index in [1.54, 1.807) is 36.5 Å². The molecule has 6 heterocycles. The molecule has 3 saturated heterocycles. The van der Waals surface area contributed by atoms with Gasteiger partial charge in [0.15, 0.2) is 5.69 Å².